The Morgan fingerprint density at radius 1 is 0.800 bits per heavy atom. The van der Waals surface area contributed by atoms with E-state index in [0.717, 1.165) is 39.0 Å². The molecule has 0 spiro atoms. The second-order valence-corrected chi connectivity index (χ2v) is 10.7. The van der Waals surface area contributed by atoms with E-state index >= 15 is 0 Å². The Morgan fingerprint density at radius 3 is 1.95 bits per heavy atom. The van der Waals surface area contributed by atoms with Crippen LogP contribution in [0.3, 0.4) is 0 Å². The predicted octanol–water partition coefficient (Wildman–Crippen LogP) is 7.25. The van der Waals surface area contributed by atoms with Crippen LogP contribution in [0.25, 0.3) is 10.9 Å². The van der Waals surface area contributed by atoms with Crippen LogP contribution in [0.15, 0.2) is 122 Å². The molecule has 7 rings (SSSR count). The summed E-state index contributed by atoms with van der Waals surface area (Å²) in [5.41, 5.74) is 6.34. The lowest BCUT2D eigenvalue weighted by molar-refractivity contribution is 0.0755. The van der Waals surface area contributed by atoms with Crippen LogP contribution in [0.5, 0.6) is 0 Å². The van der Waals surface area contributed by atoms with Crippen molar-refractivity contribution in [3.05, 3.63) is 160 Å². The van der Waals surface area contributed by atoms with Gasteiger partial charge in [-0.1, -0.05) is 103 Å². The molecule has 4 aromatic carbocycles. The number of imidazole rings is 1. The third kappa shape index (κ3) is 3.69. The number of carbonyl (C=O) groups is 1. The van der Waals surface area contributed by atoms with Gasteiger partial charge in [-0.25, -0.2) is 4.98 Å². The molecular weight excluding hydrogens is 516 g/mol. The lowest BCUT2D eigenvalue weighted by atomic mass is 9.76. The van der Waals surface area contributed by atoms with Gasteiger partial charge in [0, 0.05) is 16.1 Å². The second-order valence-electron chi connectivity index (χ2n) is 10.3. The number of benzene rings is 4. The van der Waals surface area contributed by atoms with Crippen LogP contribution in [-0.4, -0.2) is 24.9 Å². The van der Waals surface area contributed by atoms with Gasteiger partial charge in [-0.2, -0.15) is 0 Å². The number of aromatic nitrogens is 3. The third-order valence-corrected chi connectivity index (χ3v) is 8.30. The van der Waals surface area contributed by atoms with Crippen molar-refractivity contribution < 1.29 is 4.79 Å². The summed E-state index contributed by atoms with van der Waals surface area (Å²) >= 11 is 6.19. The molecule has 40 heavy (non-hydrogen) atoms. The Kier molecular flexibility index (Phi) is 5.83. The Balaban J connectivity index is 1.33. The molecule has 2 aromatic heterocycles. The molecule has 196 valence electrons. The quantitative estimate of drug-likeness (QED) is 0.208. The Hall–Kier alpha value is -4.61. The van der Waals surface area contributed by atoms with E-state index in [-0.39, 0.29) is 5.91 Å². The van der Waals surface area contributed by atoms with Gasteiger partial charge in [0.25, 0.3) is 5.91 Å². The van der Waals surface area contributed by atoms with Crippen molar-refractivity contribution in [2.45, 2.75) is 25.7 Å². The first kappa shape index (κ1) is 24.4. The third-order valence-electron chi connectivity index (χ3n) is 8.07. The lowest BCUT2D eigenvalue weighted by Crippen LogP contribution is -2.38. The minimum Gasteiger partial charge on any atom is -0.318 e. The summed E-state index contributed by atoms with van der Waals surface area (Å²) in [6.07, 6.45) is 1.93. The van der Waals surface area contributed by atoms with E-state index in [1.807, 2.05) is 53.7 Å². The monoisotopic (exact) mass is 542 g/mol. The largest absolute Gasteiger partial charge is 0.318 e. The first-order chi connectivity index (χ1) is 19.6. The van der Waals surface area contributed by atoms with Gasteiger partial charge >= 0.3 is 0 Å². The van der Waals surface area contributed by atoms with Crippen molar-refractivity contribution >= 4 is 28.4 Å². The molecule has 0 radical (unpaired) electrons. The topological polar surface area (TPSA) is 43.1 Å². The van der Waals surface area contributed by atoms with Gasteiger partial charge in [0.2, 0.25) is 0 Å². The number of nitrogens with zero attached hydrogens (tertiary/aromatic N) is 4. The number of amides is 1. The lowest BCUT2D eigenvalue weighted by Gasteiger charge is -2.38. The van der Waals surface area contributed by atoms with E-state index < -0.39 is 5.54 Å². The molecule has 0 saturated heterocycles. The molecule has 0 atom stereocenters. The zero-order chi connectivity index (χ0) is 27.3. The summed E-state index contributed by atoms with van der Waals surface area (Å²) in [5.74, 6) is 0.00159. The van der Waals surface area contributed by atoms with E-state index in [1.165, 1.54) is 0 Å². The van der Waals surface area contributed by atoms with Gasteiger partial charge < -0.3 is 14.0 Å². The number of fused-ring (bicyclic) bond motifs is 3. The highest BCUT2D eigenvalue weighted by Crippen LogP contribution is 2.42. The maximum Gasteiger partial charge on any atom is 0.272 e. The van der Waals surface area contributed by atoms with Crippen LogP contribution in [0.1, 0.15) is 38.6 Å². The van der Waals surface area contributed by atoms with E-state index in [0.29, 0.717) is 23.9 Å². The van der Waals surface area contributed by atoms with Crippen molar-refractivity contribution in [1.82, 2.24) is 19.0 Å². The molecule has 6 heteroatoms. The number of hydrogen-bond donors (Lipinski definition) is 0. The molecule has 1 aliphatic rings. The first-order valence-electron chi connectivity index (χ1n) is 13.4. The second kappa shape index (κ2) is 9.54. The van der Waals surface area contributed by atoms with Crippen LogP contribution in [0, 0.1) is 6.92 Å². The Bertz CT molecular complexity index is 1740. The maximum atomic E-state index is 13.5. The average molecular weight is 543 g/mol. The van der Waals surface area contributed by atoms with Crippen molar-refractivity contribution in [1.29, 1.82) is 0 Å². The molecule has 0 N–H and O–H groups in total. The highest BCUT2D eigenvalue weighted by atomic mass is 35.5. The molecular formula is C34H27ClN4O. The van der Waals surface area contributed by atoms with Crippen LogP contribution >= 0.6 is 11.6 Å². The molecule has 0 aliphatic carbocycles. The number of rotatable bonds is 6. The van der Waals surface area contributed by atoms with Crippen LogP contribution < -0.4 is 0 Å². The summed E-state index contributed by atoms with van der Waals surface area (Å²) in [6.45, 7) is 3.00. The number of carbonyl (C=O) groups excluding carboxylic acids is 1. The Labute approximate surface area is 237 Å². The molecule has 5 nitrogen and oxygen atoms in total. The highest BCUT2D eigenvalue weighted by molar-refractivity contribution is 6.31. The smallest absolute Gasteiger partial charge is 0.272 e. The molecule has 1 amide bonds. The Morgan fingerprint density at radius 2 is 1.38 bits per heavy atom. The van der Waals surface area contributed by atoms with Gasteiger partial charge in [-0.3, -0.25) is 4.79 Å². The number of halogens is 1. The fraction of sp³-hybridized carbons (Fsp3) is 0.118. The standard InChI is InChI=1S/C34H27ClN4O/c1-24-30(21-37-23-38-31-18-17-29(35)19-25(31)20-32(38)33(37)40)36-22-39(24)34(26-11-5-2-6-12-26,27-13-7-3-8-14-27)28-15-9-4-10-16-28/h2-20,22H,21,23H2,1H3. The van der Waals surface area contributed by atoms with Gasteiger partial charge in [0.1, 0.15) is 11.2 Å². The summed E-state index contributed by atoms with van der Waals surface area (Å²) in [6, 6.07) is 39.3. The van der Waals surface area contributed by atoms with Crippen LogP contribution in [0.2, 0.25) is 5.02 Å². The van der Waals surface area contributed by atoms with E-state index in [1.54, 1.807) is 0 Å². The summed E-state index contributed by atoms with van der Waals surface area (Å²) in [5, 5.41) is 1.65. The molecule has 1 aliphatic heterocycles. The molecule has 3 heterocycles. The summed E-state index contributed by atoms with van der Waals surface area (Å²) < 4.78 is 4.32. The fourth-order valence-electron chi connectivity index (χ4n) is 6.17. The van der Waals surface area contributed by atoms with Crippen molar-refractivity contribution in [2.75, 3.05) is 0 Å². The zero-order valence-electron chi connectivity index (χ0n) is 22.0. The molecule has 0 saturated carbocycles. The average Bonchev–Trinajstić information content (AvgIpc) is 3.63. The minimum absolute atomic E-state index is 0.00159. The summed E-state index contributed by atoms with van der Waals surface area (Å²) in [4.78, 5) is 20.3. The van der Waals surface area contributed by atoms with Gasteiger partial charge in [0.05, 0.1) is 30.8 Å². The maximum absolute atomic E-state index is 13.5. The van der Waals surface area contributed by atoms with E-state index in [4.69, 9.17) is 16.6 Å². The summed E-state index contributed by atoms with van der Waals surface area (Å²) in [7, 11) is 0. The fourth-order valence-corrected chi connectivity index (χ4v) is 6.35. The van der Waals surface area contributed by atoms with Gasteiger partial charge in [-0.05, 0) is 47.9 Å². The molecule has 0 unspecified atom stereocenters. The molecule has 6 aromatic rings. The van der Waals surface area contributed by atoms with Gasteiger partial charge in [0.15, 0.2) is 0 Å². The normalized spacial score (nSPS) is 13.2. The number of hydrogen-bond acceptors (Lipinski definition) is 2. The van der Waals surface area contributed by atoms with Crippen molar-refractivity contribution in [3.8, 4) is 0 Å². The van der Waals surface area contributed by atoms with Crippen LogP contribution in [-0.2, 0) is 18.8 Å². The van der Waals surface area contributed by atoms with Crippen molar-refractivity contribution in [2.24, 2.45) is 0 Å². The van der Waals surface area contributed by atoms with E-state index in [9.17, 15) is 4.79 Å². The highest BCUT2D eigenvalue weighted by Gasteiger charge is 2.40. The SMILES string of the molecule is Cc1c(CN2Cn3c(cc4cc(Cl)ccc43)C2=O)ncn1C(c1ccccc1)(c1ccccc1)c1ccccc1. The van der Waals surface area contributed by atoms with Crippen molar-refractivity contribution in [3.63, 3.8) is 0 Å². The van der Waals surface area contributed by atoms with E-state index in [2.05, 4.69) is 88.9 Å². The molecule has 0 bridgehead atoms. The molecule has 0 fully saturated rings. The predicted molar refractivity (Wildman–Crippen MR) is 158 cm³/mol. The zero-order valence-corrected chi connectivity index (χ0v) is 22.8. The van der Waals surface area contributed by atoms with Crippen LogP contribution in [0.4, 0.5) is 0 Å². The first-order valence-corrected chi connectivity index (χ1v) is 13.7. The minimum atomic E-state index is -0.644. The van der Waals surface area contributed by atoms with Gasteiger partial charge in [-0.15, -0.1) is 0 Å².